The van der Waals surface area contributed by atoms with Crippen molar-refractivity contribution < 1.29 is 14.3 Å². The van der Waals surface area contributed by atoms with Crippen molar-refractivity contribution in [3.63, 3.8) is 0 Å². The van der Waals surface area contributed by atoms with Crippen LogP contribution in [0.5, 0.6) is 0 Å². The van der Waals surface area contributed by atoms with E-state index >= 15 is 0 Å². The summed E-state index contributed by atoms with van der Waals surface area (Å²) in [6.45, 7) is 5.74. The molecule has 0 saturated carbocycles. The van der Waals surface area contributed by atoms with Crippen LogP contribution in [0.3, 0.4) is 0 Å². The van der Waals surface area contributed by atoms with Crippen molar-refractivity contribution in [2.75, 3.05) is 13.4 Å². The molecular formula is C21H25N5O3S. The predicted molar refractivity (Wildman–Crippen MR) is 114 cm³/mol. The first-order chi connectivity index (χ1) is 14.3. The van der Waals surface area contributed by atoms with E-state index in [0.717, 1.165) is 28.1 Å². The molecule has 2 aromatic heterocycles. The van der Waals surface area contributed by atoms with E-state index < -0.39 is 6.04 Å². The number of aryl methyl sites for hydroxylation is 3. The van der Waals surface area contributed by atoms with Crippen LogP contribution in [0.4, 0.5) is 0 Å². The molecule has 3 aromatic rings. The van der Waals surface area contributed by atoms with Crippen LogP contribution in [0, 0.1) is 20.8 Å². The molecule has 1 N–H and O–H groups in total. The van der Waals surface area contributed by atoms with Crippen LogP contribution in [0.25, 0.3) is 5.78 Å². The second kappa shape index (κ2) is 9.25. The SMILES string of the molecule is COC(=O)CC(NC(=O)Cc1c(C)nc2nc(SC)nn2c1C)c1ccc(C)cc1. The Morgan fingerprint density at radius 3 is 2.50 bits per heavy atom. The molecule has 3 rings (SSSR count). The van der Waals surface area contributed by atoms with Gasteiger partial charge in [0.05, 0.1) is 26.0 Å². The molecule has 0 aliphatic heterocycles. The van der Waals surface area contributed by atoms with Gasteiger partial charge in [-0.1, -0.05) is 41.6 Å². The Labute approximate surface area is 179 Å². The molecule has 1 unspecified atom stereocenters. The molecule has 0 aliphatic rings. The van der Waals surface area contributed by atoms with Crippen LogP contribution in [0.2, 0.25) is 0 Å². The number of aromatic nitrogens is 4. The van der Waals surface area contributed by atoms with Gasteiger partial charge < -0.3 is 10.1 Å². The summed E-state index contributed by atoms with van der Waals surface area (Å²) in [5.74, 6) is -0.0766. The topological polar surface area (TPSA) is 98.5 Å². The minimum atomic E-state index is -0.475. The molecule has 30 heavy (non-hydrogen) atoms. The number of benzene rings is 1. The monoisotopic (exact) mass is 427 g/mol. The Hall–Kier alpha value is -2.94. The third-order valence-electron chi connectivity index (χ3n) is 4.96. The fourth-order valence-corrected chi connectivity index (χ4v) is 3.58. The van der Waals surface area contributed by atoms with E-state index in [9.17, 15) is 9.59 Å². The van der Waals surface area contributed by atoms with Crippen LogP contribution < -0.4 is 5.32 Å². The number of ether oxygens (including phenoxy) is 1. The summed E-state index contributed by atoms with van der Waals surface area (Å²) in [7, 11) is 1.34. The van der Waals surface area contributed by atoms with Crippen LogP contribution in [-0.2, 0) is 20.7 Å². The predicted octanol–water partition coefficient (Wildman–Crippen LogP) is 2.73. The van der Waals surface area contributed by atoms with Crippen molar-refractivity contribution in [3.8, 4) is 0 Å². The highest BCUT2D eigenvalue weighted by Crippen LogP contribution is 2.20. The molecule has 0 spiro atoms. The standard InChI is InChI=1S/C21H25N5O3S/c1-12-6-8-15(9-7-12)17(11-19(28)29-4)23-18(27)10-16-13(2)22-20-24-21(30-5)25-26(20)14(16)3/h6-9,17H,10-11H2,1-5H3,(H,23,27). The summed E-state index contributed by atoms with van der Waals surface area (Å²) in [4.78, 5) is 33.6. The molecular weight excluding hydrogens is 402 g/mol. The highest BCUT2D eigenvalue weighted by atomic mass is 32.2. The number of carbonyl (C=O) groups excluding carboxylic acids is 2. The van der Waals surface area contributed by atoms with Gasteiger partial charge in [-0.25, -0.2) is 9.50 Å². The molecule has 9 heteroatoms. The second-order valence-electron chi connectivity index (χ2n) is 7.06. The molecule has 0 aliphatic carbocycles. The van der Waals surface area contributed by atoms with Gasteiger partial charge in [0.2, 0.25) is 11.1 Å². The van der Waals surface area contributed by atoms with Gasteiger partial charge in [0.25, 0.3) is 5.78 Å². The van der Waals surface area contributed by atoms with Gasteiger partial charge in [0.1, 0.15) is 0 Å². The van der Waals surface area contributed by atoms with E-state index in [1.165, 1.54) is 18.9 Å². The van der Waals surface area contributed by atoms with E-state index in [-0.39, 0.29) is 24.7 Å². The van der Waals surface area contributed by atoms with Crippen LogP contribution in [-0.4, -0.2) is 44.8 Å². The molecule has 158 valence electrons. The summed E-state index contributed by atoms with van der Waals surface area (Å²) in [6.07, 6.45) is 2.08. The van der Waals surface area contributed by atoms with Gasteiger partial charge in [-0.2, -0.15) is 4.98 Å². The van der Waals surface area contributed by atoms with E-state index in [0.29, 0.717) is 10.9 Å². The van der Waals surface area contributed by atoms with Crippen molar-refractivity contribution in [1.29, 1.82) is 0 Å². The zero-order valence-corrected chi connectivity index (χ0v) is 18.5. The van der Waals surface area contributed by atoms with Crippen molar-refractivity contribution >= 4 is 29.4 Å². The maximum atomic E-state index is 12.9. The van der Waals surface area contributed by atoms with Crippen LogP contribution >= 0.6 is 11.8 Å². The van der Waals surface area contributed by atoms with E-state index in [4.69, 9.17) is 4.74 Å². The third-order valence-corrected chi connectivity index (χ3v) is 5.50. The molecule has 1 aromatic carbocycles. The zero-order valence-electron chi connectivity index (χ0n) is 17.7. The first-order valence-electron chi connectivity index (χ1n) is 9.52. The van der Waals surface area contributed by atoms with Crippen molar-refractivity contribution in [2.24, 2.45) is 0 Å². The maximum Gasteiger partial charge on any atom is 0.307 e. The lowest BCUT2D eigenvalue weighted by Gasteiger charge is -2.19. The second-order valence-corrected chi connectivity index (χ2v) is 7.83. The summed E-state index contributed by atoms with van der Waals surface area (Å²) in [5, 5.41) is 8.02. The van der Waals surface area contributed by atoms with Gasteiger partial charge in [-0.15, -0.1) is 5.10 Å². The Bertz CT molecular complexity index is 1080. The third kappa shape index (κ3) is 4.79. The number of thioether (sulfide) groups is 1. The lowest BCUT2D eigenvalue weighted by Crippen LogP contribution is -2.32. The fourth-order valence-electron chi connectivity index (χ4n) is 3.24. The van der Waals surface area contributed by atoms with Crippen LogP contribution in [0.1, 0.15) is 40.5 Å². The molecule has 0 bridgehead atoms. The largest absolute Gasteiger partial charge is 0.469 e. The first-order valence-corrected chi connectivity index (χ1v) is 10.7. The van der Waals surface area contributed by atoms with E-state index in [2.05, 4.69) is 20.4 Å². The smallest absolute Gasteiger partial charge is 0.307 e. The zero-order chi connectivity index (χ0) is 21.8. The Kier molecular flexibility index (Phi) is 6.71. The number of hydrogen-bond donors (Lipinski definition) is 1. The Morgan fingerprint density at radius 2 is 1.87 bits per heavy atom. The molecule has 8 nitrogen and oxygen atoms in total. The quantitative estimate of drug-likeness (QED) is 0.457. The molecule has 0 saturated heterocycles. The van der Waals surface area contributed by atoms with Gasteiger partial charge in [-0.05, 0) is 32.6 Å². The minimum absolute atomic E-state index is 0.0563. The summed E-state index contributed by atoms with van der Waals surface area (Å²) < 4.78 is 6.46. The average Bonchev–Trinajstić information content (AvgIpc) is 3.14. The van der Waals surface area contributed by atoms with E-state index in [1.807, 2.05) is 51.3 Å². The number of amides is 1. The number of esters is 1. The minimum Gasteiger partial charge on any atom is -0.469 e. The maximum absolute atomic E-state index is 12.9. The Morgan fingerprint density at radius 1 is 1.17 bits per heavy atom. The molecule has 0 radical (unpaired) electrons. The van der Waals surface area contributed by atoms with Gasteiger partial charge in [0.15, 0.2) is 0 Å². The number of nitrogens with one attached hydrogen (secondary N) is 1. The highest BCUT2D eigenvalue weighted by Gasteiger charge is 2.21. The molecule has 0 fully saturated rings. The summed E-state index contributed by atoms with van der Waals surface area (Å²) >= 11 is 1.44. The lowest BCUT2D eigenvalue weighted by atomic mass is 10.0. The average molecular weight is 428 g/mol. The number of methoxy groups -OCH3 is 1. The highest BCUT2D eigenvalue weighted by molar-refractivity contribution is 7.98. The number of hydrogen-bond acceptors (Lipinski definition) is 7. The number of rotatable bonds is 7. The van der Waals surface area contributed by atoms with Crippen molar-refractivity contribution in [3.05, 3.63) is 52.3 Å². The van der Waals surface area contributed by atoms with Crippen LogP contribution in [0.15, 0.2) is 29.4 Å². The fraction of sp³-hybridized carbons (Fsp3) is 0.381. The van der Waals surface area contributed by atoms with Crippen molar-refractivity contribution in [1.82, 2.24) is 24.9 Å². The summed E-state index contributed by atoms with van der Waals surface area (Å²) in [6, 6.07) is 7.24. The normalized spacial score (nSPS) is 12.0. The van der Waals surface area contributed by atoms with Gasteiger partial charge in [-0.3, -0.25) is 9.59 Å². The number of fused-ring (bicyclic) bond motifs is 1. The number of carbonyl (C=O) groups is 2. The van der Waals surface area contributed by atoms with E-state index in [1.54, 1.807) is 4.52 Å². The van der Waals surface area contributed by atoms with Gasteiger partial charge in [0, 0.05) is 17.0 Å². The molecule has 1 amide bonds. The first kappa shape index (κ1) is 21.8. The van der Waals surface area contributed by atoms with Gasteiger partial charge >= 0.3 is 5.97 Å². The molecule has 2 heterocycles. The summed E-state index contributed by atoms with van der Waals surface area (Å²) in [5.41, 5.74) is 4.29. The molecule has 1 atom stereocenters. The van der Waals surface area contributed by atoms with Crippen molar-refractivity contribution in [2.45, 2.75) is 44.8 Å². The number of nitrogens with zero attached hydrogens (tertiary/aromatic N) is 4. The lowest BCUT2D eigenvalue weighted by molar-refractivity contribution is -0.141. The Balaban J connectivity index is 1.84.